The Kier molecular flexibility index (Phi) is 4.15. The summed E-state index contributed by atoms with van der Waals surface area (Å²) in [4.78, 5) is 16.9. The molecule has 0 spiro atoms. The van der Waals surface area contributed by atoms with Gasteiger partial charge < -0.3 is 4.74 Å². The maximum Gasteiger partial charge on any atom is 0.249 e. The average Bonchev–Trinajstić information content (AvgIpc) is 3.05. The molecule has 0 N–H and O–H groups in total. The maximum atomic E-state index is 12.4. The SMILES string of the molecule is COc1ccc(C2=NN(c3nc4ccc(Cl)cc4s3)C(=O)CC2)cc1. The van der Waals surface area contributed by atoms with E-state index in [1.807, 2.05) is 36.4 Å². The van der Waals surface area contributed by atoms with Crippen LogP contribution in [0.15, 0.2) is 47.6 Å². The molecule has 1 amide bonds. The van der Waals surface area contributed by atoms with Crippen LogP contribution in [-0.4, -0.2) is 23.7 Å². The van der Waals surface area contributed by atoms with Gasteiger partial charge in [-0.15, -0.1) is 0 Å². The van der Waals surface area contributed by atoms with Crippen molar-refractivity contribution in [3.05, 3.63) is 53.1 Å². The minimum atomic E-state index is -0.0533. The number of thiazole rings is 1. The molecule has 1 aliphatic heterocycles. The normalized spacial score (nSPS) is 14.7. The van der Waals surface area contributed by atoms with Crippen molar-refractivity contribution >= 4 is 49.9 Å². The van der Waals surface area contributed by atoms with Crippen molar-refractivity contribution in [2.45, 2.75) is 12.8 Å². The summed E-state index contributed by atoms with van der Waals surface area (Å²) in [5.74, 6) is 0.735. The quantitative estimate of drug-likeness (QED) is 0.681. The van der Waals surface area contributed by atoms with E-state index in [9.17, 15) is 4.79 Å². The smallest absolute Gasteiger partial charge is 0.249 e. The van der Waals surface area contributed by atoms with E-state index in [1.54, 1.807) is 13.2 Å². The number of hydrazone groups is 1. The summed E-state index contributed by atoms with van der Waals surface area (Å²) in [7, 11) is 1.63. The number of methoxy groups -OCH3 is 1. The van der Waals surface area contributed by atoms with Crippen LogP contribution >= 0.6 is 22.9 Å². The fourth-order valence-electron chi connectivity index (χ4n) is 2.67. The monoisotopic (exact) mass is 371 g/mol. The lowest BCUT2D eigenvalue weighted by molar-refractivity contribution is -0.118. The van der Waals surface area contributed by atoms with Crippen molar-refractivity contribution in [3.63, 3.8) is 0 Å². The van der Waals surface area contributed by atoms with Crippen LogP contribution in [0.5, 0.6) is 5.75 Å². The zero-order valence-corrected chi connectivity index (χ0v) is 15.0. The molecule has 0 unspecified atom stereocenters. The summed E-state index contributed by atoms with van der Waals surface area (Å²) in [6, 6.07) is 13.2. The largest absolute Gasteiger partial charge is 0.497 e. The predicted octanol–water partition coefficient (Wildman–Crippen LogP) is 4.49. The Hall–Kier alpha value is -2.44. The molecule has 0 saturated carbocycles. The number of hydrogen-bond donors (Lipinski definition) is 0. The summed E-state index contributed by atoms with van der Waals surface area (Å²) in [5.41, 5.74) is 2.64. The van der Waals surface area contributed by atoms with Crippen LogP contribution in [0, 0.1) is 0 Å². The summed E-state index contributed by atoms with van der Waals surface area (Å²) in [6.07, 6.45) is 1.01. The zero-order chi connectivity index (χ0) is 17.4. The van der Waals surface area contributed by atoms with Crippen LogP contribution in [0.2, 0.25) is 5.02 Å². The minimum absolute atomic E-state index is 0.0533. The van der Waals surface area contributed by atoms with Gasteiger partial charge in [0.05, 0.1) is 23.0 Å². The third kappa shape index (κ3) is 3.10. The highest BCUT2D eigenvalue weighted by molar-refractivity contribution is 7.22. The number of rotatable bonds is 3. The second-order valence-electron chi connectivity index (χ2n) is 5.59. The van der Waals surface area contributed by atoms with Crippen LogP contribution in [-0.2, 0) is 4.79 Å². The first kappa shape index (κ1) is 16.1. The summed E-state index contributed by atoms with van der Waals surface area (Å²) < 4.78 is 6.12. The molecular formula is C18H14ClN3O2S. The molecule has 126 valence electrons. The molecule has 4 rings (SSSR count). The Bertz CT molecular complexity index is 982. The highest BCUT2D eigenvalue weighted by atomic mass is 35.5. The van der Waals surface area contributed by atoms with E-state index in [-0.39, 0.29) is 5.91 Å². The molecule has 7 heteroatoms. The van der Waals surface area contributed by atoms with Crippen molar-refractivity contribution in [2.24, 2.45) is 5.10 Å². The lowest BCUT2D eigenvalue weighted by Crippen LogP contribution is -2.31. The third-order valence-corrected chi connectivity index (χ3v) is 5.21. The van der Waals surface area contributed by atoms with E-state index >= 15 is 0 Å². The van der Waals surface area contributed by atoms with Gasteiger partial charge in [-0.25, -0.2) is 4.98 Å². The standard InChI is InChI=1S/C18H14ClN3O2S/c1-24-13-5-2-11(3-6-13)14-8-9-17(23)22(21-14)18-20-15-7-4-12(19)10-16(15)25-18/h2-7,10H,8-9H2,1H3. The van der Waals surface area contributed by atoms with Crippen molar-refractivity contribution in [2.75, 3.05) is 12.1 Å². The van der Waals surface area contributed by atoms with E-state index in [4.69, 9.17) is 16.3 Å². The molecule has 0 radical (unpaired) electrons. The van der Waals surface area contributed by atoms with E-state index < -0.39 is 0 Å². The number of nitrogens with zero attached hydrogens (tertiary/aromatic N) is 3. The van der Waals surface area contributed by atoms with Crippen LogP contribution in [0.3, 0.4) is 0 Å². The van der Waals surface area contributed by atoms with Gasteiger partial charge in [0.1, 0.15) is 5.75 Å². The van der Waals surface area contributed by atoms with Crippen LogP contribution in [0.1, 0.15) is 18.4 Å². The molecule has 0 aliphatic carbocycles. The molecule has 0 atom stereocenters. The highest BCUT2D eigenvalue weighted by Gasteiger charge is 2.25. The molecule has 1 aliphatic rings. The first-order chi connectivity index (χ1) is 12.1. The first-order valence-corrected chi connectivity index (χ1v) is 8.94. The first-order valence-electron chi connectivity index (χ1n) is 7.75. The number of ether oxygens (including phenoxy) is 1. The number of anilines is 1. The average molecular weight is 372 g/mol. The second kappa shape index (κ2) is 6.46. The highest BCUT2D eigenvalue weighted by Crippen LogP contribution is 2.32. The van der Waals surface area contributed by atoms with Crippen molar-refractivity contribution < 1.29 is 9.53 Å². The van der Waals surface area contributed by atoms with Gasteiger partial charge in [0.25, 0.3) is 0 Å². The van der Waals surface area contributed by atoms with Crippen molar-refractivity contribution in [1.29, 1.82) is 0 Å². The number of amides is 1. The van der Waals surface area contributed by atoms with E-state index in [1.165, 1.54) is 16.3 Å². The lowest BCUT2D eigenvalue weighted by atomic mass is 10.0. The topological polar surface area (TPSA) is 54.8 Å². The van der Waals surface area contributed by atoms with E-state index in [0.29, 0.717) is 23.0 Å². The fraction of sp³-hybridized carbons (Fsp3) is 0.167. The number of fused-ring (bicyclic) bond motifs is 1. The fourth-order valence-corrected chi connectivity index (χ4v) is 3.88. The summed E-state index contributed by atoms with van der Waals surface area (Å²) in [6.45, 7) is 0. The zero-order valence-electron chi connectivity index (χ0n) is 13.4. The van der Waals surface area contributed by atoms with Gasteiger partial charge in [-0.3, -0.25) is 4.79 Å². The van der Waals surface area contributed by atoms with Gasteiger partial charge in [-0.1, -0.05) is 22.9 Å². The third-order valence-electron chi connectivity index (χ3n) is 3.98. The molecule has 0 fully saturated rings. The number of benzene rings is 2. The Morgan fingerprint density at radius 2 is 1.96 bits per heavy atom. The van der Waals surface area contributed by atoms with Gasteiger partial charge >= 0.3 is 0 Å². The van der Waals surface area contributed by atoms with Gasteiger partial charge in [0.2, 0.25) is 11.0 Å². The van der Waals surface area contributed by atoms with Crippen LogP contribution in [0.25, 0.3) is 10.2 Å². The summed E-state index contributed by atoms with van der Waals surface area (Å²) in [5, 5.41) is 7.17. The predicted molar refractivity (Wildman–Crippen MR) is 101 cm³/mol. The van der Waals surface area contributed by atoms with Gasteiger partial charge in [0, 0.05) is 17.9 Å². The maximum absolute atomic E-state index is 12.4. The number of hydrogen-bond acceptors (Lipinski definition) is 5. The Morgan fingerprint density at radius 3 is 2.72 bits per heavy atom. The molecule has 0 saturated heterocycles. The number of carbonyl (C=O) groups excluding carboxylic acids is 1. The molecule has 2 aromatic carbocycles. The molecule has 2 heterocycles. The Morgan fingerprint density at radius 1 is 1.16 bits per heavy atom. The van der Waals surface area contributed by atoms with Crippen LogP contribution < -0.4 is 9.75 Å². The van der Waals surface area contributed by atoms with E-state index in [0.717, 1.165) is 27.2 Å². The van der Waals surface area contributed by atoms with Gasteiger partial charge in [0.15, 0.2) is 0 Å². The van der Waals surface area contributed by atoms with Crippen LogP contribution in [0.4, 0.5) is 5.13 Å². The number of aromatic nitrogens is 1. The molecular weight excluding hydrogens is 358 g/mol. The molecule has 1 aromatic heterocycles. The number of carbonyl (C=O) groups is 1. The minimum Gasteiger partial charge on any atom is -0.497 e. The lowest BCUT2D eigenvalue weighted by Gasteiger charge is -2.21. The Labute approximate surface area is 153 Å². The molecule has 3 aromatic rings. The van der Waals surface area contributed by atoms with Gasteiger partial charge in [-0.05, 0) is 48.0 Å². The van der Waals surface area contributed by atoms with Crippen molar-refractivity contribution in [3.8, 4) is 5.75 Å². The van der Waals surface area contributed by atoms with E-state index in [2.05, 4.69) is 10.1 Å². The molecule has 25 heavy (non-hydrogen) atoms. The second-order valence-corrected chi connectivity index (χ2v) is 7.03. The van der Waals surface area contributed by atoms with Gasteiger partial charge in [-0.2, -0.15) is 10.1 Å². The summed E-state index contributed by atoms with van der Waals surface area (Å²) >= 11 is 7.44. The molecule has 0 bridgehead atoms. The molecule has 5 nitrogen and oxygen atoms in total. The Balaban J connectivity index is 1.71. The van der Waals surface area contributed by atoms with Crippen molar-refractivity contribution in [1.82, 2.24) is 4.98 Å². The number of halogens is 1.